The maximum absolute atomic E-state index is 11.0. The first-order chi connectivity index (χ1) is 7.75. The minimum absolute atomic E-state index is 0.0134. The highest BCUT2D eigenvalue weighted by Gasteiger charge is 2.35. The van der Waals surface area contributed by atoms with E-state index in [2.05, 4.69) is 9.47 Å². The van der Waals surface area contributed by atoms with E-state index in [1.54, 1.807) is 0 Å². The van der Waals surface area contributed by atoms with E-state index in [9.17, 15) is 9.59 Å². The molecule has 1 aliphatic heterocycles. The highest BCUT2D eigenvalue weighted by molar-refractivity contribution is 5.90. The molecule has 1 fully saturated rings. The molecule has 1 aromatic carbocycles. The zero-order valence-corrected chi connectivity index (χ0v) is 8.42. The van der Waals surface area contributed by atoms with E-state index < -0.39 is 18.2 Å². The van der Waals surface area contributed by atoms with Crippen molar-refractivity contribution in [2.45, 2.75) is 12.7 Å². The first kappa shape index (κ1) is 10.6. The van der Waals surface area contributed by atoms with Gasteiger partial charge in [0.2, 0.25) is 6.10 Å². The summed E-state index contributed by atoms with van der Waals surface area (Å²) >= 11 is 0. The Hall–Kier alpha value is -1.88. The first-order valence-corrected chi connectivity index (χ1v) is 4.79. The van der Waals surface area contributed by atoms with Crippen LogP contribution in [0.15, 0.2) is 30.3 Å². The molecule has 1 heterocycles. The molecule has 5 nitrogen and oxygen atoms in total. The average molecular weight is 222 g/mol. The predicted octanol–water partition coefficient (Wildman–Crippen LogP) is 1.27. The molecular formula is C11H10O5. The smallest absolute Gasteiger partial charge is 0.416 e. The van der Waals surface area contributed by atoms with Crippen LogP contribution in [0, 0.1) is 0 Å². The van der Waals surface area contributed by atoms with Crippen molar-refractivity contribution in [1.29, 1.82) is 0 Å². The molecule has 16 heavy (non-hydrogen) atoms. The van der Waals surface area contributed by atoms with Gasteiger partial charge in [0.1, 0.15) is 0 Å². The average Bonchev–Trinajstić information content (AvgIpc) is 2.59. The summed E-state index contributed by atoms with van der Waals surface area (Å²) in [6.07, 6.45) is -1.89. The highest BCUT2D eigenvalue weighted by Crippen LogP contribution is 2.09. The molecule has 0 radical (unpaired) electrons. The second-order valence-electron chi connectivity index (χ2n) is 3.28. The van der Waals surface area contributed by atoms with Crippen molar-refractivity contribution < 1.29 is 23.8 Å². The van der Waals surface area contributed by atoms with Crippen LogP contribution in [-0.4, -0.2) is 24.8 Å². The number of esters is 1. The van der Waals surface area contributed by atoms with Gasteiger partial charge in [0, 0.05) is 0 Å². The van der Waals surface area contributed by atoms with Crippen LogP contribution in [0.2, 0.25) is 0 Å². The van der Waals surface area contributed by atoms with Gasteiger partial charge in [-0.2, -0.15) is 0 Å². The number of carbonyl (C=O) groups excluding carboxylic acids is 2. The molecule has 5 heteroatoms. The second-order valence-corrected chi connectivity index (χ2v) is 3.28. The van der Waals surface area contributed by atoms with Gasteiger partial charge in [-0.3, -0.25) is 0 Å². The number of carbonyl (C=O) groups is 2. The fourth-order valence-electron chi connectivity index (χ4n) is 1.30. The van der Waals surface area contributed by atoms with Crippen molar-refractivity contribution in [3.63, 3.8) is 0 Å². The van der Waals surface area contributed by atoms with Crippen LogP contribution in [0.4, 0.5) is 4.79 Å². The zero-order chi connectivity index (χ0) is 11.4. The van der Waals surface area contributed by atoms with Gasteiger partial charge >= 0.3 is 12.1 Å². The van der Waals surface area contributed by atoms with Gasteiger partial charge in [-0.1, -0.05) is 30.3 Å². The van der Waals surface area contributed by atoms with Gasteiger partial charge in [0.05, 0.1) is 13.2 Å². The largest absolute Gasteiger partial charge is 0.517 e. The van der Waals surface area contributed by atoms with Gasteiger partial charge in [0.25, 0.3) is 0 Å². The van der Waals surface area contributed by atoms with Crippen molar-refractivity contribution in [3.8, 4) is 0 Å². The third kappa shape index (κ3) is 2.58. The number of cyclic esters (lactones) is 3. The Labute approximate surface area is 91.9 Å². The molecule has 1 aliphatic rings. The van der Waals surface area contributed by atoms with Gasteiger partial charge in [-0.25, -0.2) is 9.59 Å². The fraction of sp³-hybridized carbons (Fsp3) is 0.273. The van der Waals surface area contributed by atoms with Crippen molar-refractivity contribution in [1.82, 2.24) is 0 Å². The lowest BCUT2D eigenvalue weighted by atomic mass is 10.2. The maximum Gasteiger partial charge on any atom is 0.517 e. The Kier molecular flexibility index (Phi) is 3.16. The van der Waals surface area contributed by atoms with Gasteiger partial charge in [-0.15, -0.1) is 0 Å². The van der Waals surface area contributed by atoms with E-state index in [0.717, 1.165) is 5.56 Å². The second kappa shape index (κ2) is 4.76. The third-order valence-electron chi connectivity index (χ3n) is 2.07. The Morgan fingerprint density at radius 1 is 1.19 bits per heavy atom. The SMILES string of the molecule is O=C1OC(=O)[C@H](COCc2ccccc2)O1. The monoisotopic (exact) mass is 222 g/mol. The molecule has 0 aromatic heterocycles. The molecule has 0 amide bonds. The Bertz CT molecular complexity index is 387. The molecule has 2 rings (SSSR count). The van der Waals surface area contributed by atoms with Crippen LogP contribution < -0.4 is 0 Å². The molecule has 0 N–H and O–H groups in total. The van der Waals surface area contributed by atoms with Crippen LogP contribution in [0.25, 0.3) is 0 Å². The van der Waals surface area contributed by atoms with Crippen molar-refractivity contribution in [3.05, 3.63) is 35.9 Å². The Morgan fingerprint density at radius 3 is 2.56 bits per heavy atom. The summed E-state index contributed by atoms with van der Waals surface area (Å²) in [5.41, 5.74) is 0.986. The normalized spacial score (nSPS) is 19.4. The van der Waals surface area contributed by atoms with Crippen molar-refractivity contribution in [2.24, 2.45) is 0 Å². The number of hydrogen-bond donors (Lipinski definition) is 0. The summed E-state index contributed by atoms with van der Waals surface area (Å²) in [5.74, 6) is -0.696. The predicted molar refractivity (Wildman–Crippen MR) is 52.5 cm³/mol. The van der Waals surface area contributed by atoms with Crippen LogP contribution in [0.3, 0.4) is 0 Å². The third-order valence-corrected chi connectivity index (χ3v) is 2.07. The standard InChI is InChI=1S/C11H10O5/c12-10-9(15-11(13)16-10)7-14-6-8-4-2-1-3-5-8/h1-5,9H,6-7H2/t9-/m0/s1. The summed E-state index contributed by atoms with van der Waals surface area (Å²) in [5, 5.41) is 0. The van der Waals surface area contributed by atoms with Gasteiger partial charge < -0.3 is 14.2 Å². The van der Waals surface area contributed by atoms with E-state index in [4.69, 9.17) is 4.74 Å². The maximum atomic E-state index is 11.0. The fourth-order valence-corrected chi connectivity index (χ4v) is 1.30. The minimum Gasteiger partial charge on any atom is -0.416 e. The van der Waals surface area contributed by atoms with Crippen LogP contribution >= 0.6 is 0 Å². The highest BCUT2D eigenvalue weighted by atomic mass is 16.8. The van der Waals surface area contributed by atoms with Crippen LogP contribution in [0.5, 0.6) is 0 Å². The Balaban J connectivity index is 1.76. The lowest BCUT2D eigenvalue weighted by Crippen LogP contribution is -2.22. The van der Waals surface area contributed by atoms with Gasteiger partial charge in [0.15, 0.2) is 0 Å². The summed E-state index contributed by atoms with van der Waals surface area (Å²) in [4.78, 5) is 21.6. The van der Waals surface area contributed by atoms with E-state index in [1.165, 1.54) is 0 Å². The van der Waals surface area contributed by atoms with Gasteiger partial charge in [-0.05, 0) is 5.56 Å². The number of rotatable bonds is 4. The first-order valence-electron chi connectivity index (χ1n) is 4.79. The van der Waals surface area contributed by atoms with E-state index in [1.807, 2.05) is 30.3 Å². The number of hydrogen-bond acceptors (Lipinski definition) is 5. The molecule has 1 atom stereocenters. The zero-order valence-electron chi connectivity index (χ0n) is 8.42. The summed E-state index contributed by atoms with van der Waals surface area (Å²) in [6, 6.07) is 9.49. The summed E-state index contributed by atoms with van der Waals surface area (Å²) in [7, 11) is 0. The minimum atomic E-state index is -0.960. The lowest BCUT2D eigenvalue weighted by Gasteiger charge is -2.06. The Morgan fingerprint density at radius 2 is 1.94 bits per heavy atom. The topological polar surface area (TPSA) is 61.8 Å². The van der Waals surface area contributed by atoms with E-state index >= 15 is 0 Å². The quantitative estimate of drug-likeness (QED) is 0.567. The molecule has 84 valence electrons. The molecule has 0 bridgehead atoms. The lowest BCUT2D eigenvalue weighted by molar-refractivity contribution is -0.138. The molecule has 0 unspecified atom stereocenters. The van der Waals surface area contributed by atoms with E-state index in [0.29, 0.717) is 6.61 Å². The summed E-state index contributed by atoms with van der Waals surface area (Å²) < 4.78 is 14.0. The van der Waals surface area contributed by atoms with Crippen LogP contribution in [-0.2, 0) is 25.6 Å². The molecular weight excluding hydrogens is 212 g/mol. The molecule has 0 aliphatic carbocycles. The number of benzene rings is 1. The molecule has 1 saturated heterocycles. The van der Waals surface area contributed by atoms with Crippen LogP contribution in [0.1, 0.15) is 5.56 Å². The molecule has 0 saturated carbocycles. The summed E-state index contributed by atoms with van der Waals surface area (Å²) in [6.45, 7) is 0.377. The molecule has 0 spiro atoms. The van der Waals surface area contributed by atoms with E-state index in [-0.39, 0.29) is 6.61 Å². The molecule has 1 aromatic rings. The van der Waals surface area contributed by atoms with Crippen molar-refractivity contribution in [2.75, 3.05) is 6.61 Å². The number of ether oxygens (including phenoxy) is 3. The van der Waals surface area contributed by atoms with Crippen molar-refractivity contribution >= 4 is 12.1 Å².